The number of benzene rings is 1. The summed E-state index contributed by atoms with van der Waals surface area (Å²) in [5.74, 6) is 1.75. The van der Waals surface area contributed by atoms with Crippen LogP contribution in [-0.2, 0) is 4.79 Å². The third-order valence-electron chi connectivity index (χ3n) is 5.73. The monoisotopic (exact) mass is 271 g/mol. The van der Waals surface area contributed by atoms with Gasteiger partial charge in [-0.05, 0) is 67.6 Å². The summed E-state index contributed by atoms with van der Waals surface area (Å²) < 4.78 is 0. The van der Waals surface area contributed by atoms with E-state index >= 15 is 0 Å². The average molecular weight is 271 g/mol. The zero-order valence-corrected chi connectivity index (χ0v) is 13.0. The minimum absolute atomic E-state index is 0.157. The first-order chi connectivity index (χ1) is 9.39. The van der Waals surface area contributed by atoms with Crippen LogP contribution in [0.4, 0.5) is 5.69 Å². The predicted molar refractivity (Wildman–Crippen MR) is 82.6 cm³/mol. The van der Waals surface area contributed by atoms with Gasteiger partial charge in [0.15, 0.2) is 0 Å². The second kappa shape index (κ2) is 4.61. The summed E-state index contributed by atoms with van der Waals surface area (Å²) in [5.41, 5.74) is 3.47. The van der Waals surface area contributed by atoms with Crippen molar-refractivity contribution in [3.63, 3.8) is 0 Å². The molecule has 0 heterocycles. The Hall–Kier alpha value is -1.31. The van der Waals surface area contributed by atoms with Crippen molar-refractivity contribution in [3.8, 4) is 0 Å². The molecule has 2 nitrogen and oxygen atoms in total. The van der Waals surface area contributed by atoms with Gasteiger partial charge < -0.3 is 5.32 Å². The lowest BCUT2D eigenvalue weighted by atomic mass is 9.68. The Balaban J connectivity index is 1.82. The lowest BCUT2D eigenvalue weighted by molar-refractivity contribution is -0.125. The fourth-order valence-electron chi connectivity index (χ4n) is 4.49. The molecule has 0 aromatic heterocycles. The first-order valence-corrected chi connectivity index (χ1v) is 7.77. The van der Waals surface area contributed by atoms with E-state index in [4.69, 9.17) is 0 Å². The van der Waals surface area contributed by atoms with Gasteiger partial charge in [0, 0.05) is 11.6 Å². The Morgan fingerprint density at radius 1 is 1.25 bits per heavy atom. The van der Waals surface area contributed by atoms with E-state index in [0.717, 1.165) is 17.2 Å². The second-order valence-corrected chi connectivity index (χ2v) is 7.38. The first-order valence-electron chi connectivity index (χ1n) is 7.77. The Morgan fingerprint density at radius 3 is 2.65 bits per heavy atom. The van der Waals surface area contributed by atoms with Crippen LogP contribution in [-0.4, -0.2) is 5.91 Å². The molecule has 0 spiro atoms. The summed E-state index contributed by atoms with van der Waals surface area (Å²) in [6.07, 6.45) is 3.79. The molecule has 3 atom stereocenters. The predicted octanol–water partition coefficient (Wildman–Crippen LogP) is 4.31. The summed E-state index contributed by atoms with van der Waals surface area (Å²) in [6.45, 7) is 8.69. The first kappa shape index (κ1) is 13.7. The van der Waals surface area contributed by atoms with Crippen LogP contribution in [0.1, 0.15) is 44.2 Å². The molecule has 2 heteroatoms. The van der Waals surface area contributed by atoms with Crippen molar-refractivity contribution < 1.29 is 4.79 Å². The minimum Gasteiger partial charge on any atom is -0.326 e. The summed E-state index contributed by atoms with van der Waals surface area (Å²) in [6, 6.07) is 6.25. The van der Waals surface area contributed by atoms with Crippen molar-refractivity contribution in [2.75, 3.05) is 5.32 Å². The van der Waals surface area contributed by atoms with E-state index in [1.807, 2.05) is 0 Å². The van der Waals surface area contributed by atoms with Crippen LogP contribution >= 0.6 is 0 Å². The van der Waals surface area contributed by atoms with Gasteiger partial charge in [-0.15, -0.1) is 0 Å². The lowest BCUT2D eigenvalue weighted by Gasteiger charge is -2.37. The third-order valence-corrected chi connectivity index (χ3v) is 5.73. The molecule has 2 bridgehead atoms. The van der Waals surface area contributed by atoms with Crippen molar-refractivity contribution in [3.05, 3.63) is 29.3 Å². The molecule has 0 saturated heterocycles. The molecule has 3 unspecified atom stereocenters. The van der Waals surface area contributed by atoms with Crippen molar-refractivity contribution >= 4 is 11.6 Å². The van der Waals surface area contributed by atoms with Gasteiger partial charge in [-0.3, -0.25) is 4.79 Å². The summed E-state index contributed by atoms with van der Waals surface area (Å²) in [5, 5.41) is 3.19. The molecule has 1 amide bonds. The van der Waals surface area contributed by atoms with E-state index in [2.05, 4.69) is 51.2 Å². The zero-order valence-electron chi connectivity index (χ0n) is 13.0. The van der Waals surface area contributed by atoms with Crippen molar-refractivity contribution in [1.82, 2.24) is 0 Å². The third kappa shape index (κ3) is 2.06. The van der Waals surface area contributed by atoms with Crippen molar-refractivity contribution in [1.29, 1.82) is 0 Å². The molecule has 0 radical (unpaired) electrons. The van der Waals surface area contributed by atoms with Crippen LogP contribution in [0, 0.1) is 37.0 Å². The number of rotatable bonds is 2. The Bertz CT molecular complexity index is 546. The van der Waals surface area contributed by atoms with Crippen LogP contribution in [0.15, 0.2) is 18.2 Å². The van der Waals surface area contributed by atoms with Gasteiger partial charge in [-0.2, -0.15) is 0 Å². The van der Waals surface area contributed by atoms with Crippen molar-refractivity contribution in [2.24, 2.45) is 23.2 Å². The van der Waals surface area contributed by atoms with Gasteiger partial charge in [0.05, 0.1) is 0 Å². The SMILES string of the molecule is Cc1ccc(C)c(NC(=O)C2C3CCC(C3)C2(C)C)c1. The molecule has 2 aliphatic carbocycles. The summed E-state index contributed by atoms with van der Waals surface area (Å²) >= 11 is 0. The Labute approximate surface area is 122 Å². The van der Waals surface area contributed by atoms with E-state index in [9.17, 15) is 4.79 Å². The fraction of sp³-hybridized carbons (Fsp3) is 0.611. The minimum atomic E-state index is 0.157. The molecule has 2 saturated carbocycles. The van der Waals surface area contributed by atoms with Crippen LogP contribution < -0.4 is 5.32 Å². The summed E-state index contributed by atoms with van der Waals surface area (Å²) in [4.78, 5) is 12.8. The van der Waals surface area contributed by atoms with Gasteiger partial charge >= 0.3 is 0 Å². The van der Waals surface area contributed by atoms with E-state index in [1.165, 1.54) is 24.8 Å². The smallest absolute Gasteiger partial charge is 0.228 e. The topological polar surface area (TPSA) is 29.1 Å². The molecule has 3 rings (SSSR count). The number of anilines is 1. The molecule has 2 fully saturated rings. The van der Waals surface area contributed by atoms with E-state index in [-0.39, 0.29) is 17.2 Å². The highest BCUT2D eigenvalue weighted by molar-refractivity contribution is 5.94. The highest BCUT2D eigenvalue weighted by Crippen LogP contribution is 2.59. The van der Waals surface area contributed by atoms with Gasteiger partial charge in [0.2, 0.25) is 5.91 Å². The van der Waals surface area contributed by atoms with Crippen LogP contribution in [0.5, 0.6) is 0 Å². The number of hydrogen-bond acceptors (Lipinski definition) is 1. The maximum atomic E-state index is 12.8. The number of fused-ring (bicyclic) bond motifs is 2. The number of carbonyl (C=O) groups is 1. The molecule has 1 aromatic rings. The fourth-order valence-corrected chi connectivity index (χ4v) is 4.49. The van der Waals surface area contributed by atoms with Crippen LogP contribution in [0.25, 0.3) is 0 Å². The largest absolute Gasteiger partial charge is 0.326 e. The van der Waals surface area contributed by atoms with Crippen LogP contribution in [0.2, 0.25) is 0 Å². The molecule has 108 valence electrons. The normalized spacial score (nSPS) is 30.5. The van der Waals surface area contributed by atoms with Crippen molar-refractivity contribution in [2.45, 2.75) is 47.0 Å². The molecule has 2 aliphatic rings. The highest BCUT2D eigenvalue weighted by atomic mass is 16.2. The van der Waals surface area contributed by atoms with E-state index in [0.29, 0.717) is 5.92 Å². The quantitative estimate of drug-likeness (QED) is 0.853. The summed E-state index contributed by atoms with van der Waals surface area (Å²) in [7, 11) is 0. The number of aryl methyl sites for hydroxylation is 2. The standard InChI is InChI=1S/C18H25NO/c1-11-5-6-12(2)15(9-11)19-17(20)16-13-7-8-14(10-13)18(16,3)4/h5-6,9,13-14,16H,7-8,10H2,1-4H3,(H,19,20). The van der Waals surface area contributed by atoms with E-state index in [1.54, 1.807) is 0 Å². The van der Waals surface area contributed by atoms with Gasteiger partial charge in [-0.1, -0.05) is 26.0 Å². The van der Waals surface area contributed by atoms with Gasteiger partial charge in [-0.25, -0.2) is 0 Å². The maximum absolute atomic E-state index is 12.8. The molecule has 1 N–H and O–H groups in total. The highest BCUT2D eigenvalue weighted by Gasteiger charge is 2.55. The molecular weight excluding hydrogens is 246 g/mol. The second-order valence-electron chi connectivity index (χ2n) is 7.38. The Kier molecular flexibility index (Phi) is 3.15. The van der Waals surface area contributed by atoms with E-state index < -0.39 is 0 Å². The van der Waals surface area contributed by atoms with Gasteiger partial charge in [0.25, 0.3) is 0 Å². The number of amides is 1. The molecular formula is C18H25NO. The van der Waals surface area contributed by atoms with Crippen LogP contribution in [0.3, 0.4) is 0 Å². The van der Waals surface area contributed by atoms with Gasteiger partial charge in [0.1, 0.15) is 0 Å². The Morgan fingerprint density at radius 2 is 2.00 bits per heavy atom. The molecule has 0 aliphatic heterocycles. The average Bonchev–Trinajstić information content (AvgIpc) is 2.91. The molecule has 20 heavy (non-hydrogen) atoms. The maximum Gasteiger partial charge on any atom is 0.228 e. The lowest BCUT2D eigenvalue weighted by Crippen LogP contribution is -2.39. The number of nitrogens with one attached hydrogen (secondary N) is 1. The number of hydrogen-bond donors (Lipinski definition) is 1. The molecule has 1 aromatic carbocycles. The zero-order chi connectivity index (χ0) is 14.5. The number of carbonyl (C=O) groups excluding carboxylic acids is 1.